The molecule has 19 heavy (non-hydrogen) atoms. The molecule has 0 aliphatic carbocycles. The molecule has 1 aliphatic heterocycles. The number of furan rings is 1. The molecule has 1 aliphatic rings. The molecule has 0 spiro atoms. The number of hydrogen-bond donors (Lipinski definition) is 2. The highest BCUT2D eigenvalue weighted by molar-refractivity contribution is 5.91. The number of rotatable bonds is 3. The molecule has 104 valence electrons. The lowest BCUT2D eigenvalue weighted by atomic mass is 10.0. The second-order valence-electron chi connectivity index (χ2n) is 4.46. The van der Waals surface area contributed by atoms with Crippen molar-refractivity contribution in [2.75, 3.05) is 20.3 Å². The summed E-state index contributed by atoms with van der Waals surface area (Å²) in [6.07, 6.45) is 2.45. The molecule has 2 heterocycles. The molecule has 6 nitrogen and oxygen atoms in total. The van der Waals surface area contributed by atoms with Crippen molar-refractivity contribution in [2.45, 2.75) is 18.2 Å². The lowest BCUT2D eigenvalue weighted by Crippen LogP contribution is -2.56. The van der Waals surface area contributed by atoms with E-state index in [0.29, 0.717) is 5.76 Å². The normalized spacial score (nSPS) is 27.6. The fraction of sp³-hybridized carbons (Fsp3) is 0.462. The Kier molecular flexibility index (Phi) is 4.36. The summed E-state index contributed by atoms with van der Waals surface area (Å²) < 4.78 is 10.2. The molecule has 0 radical (unpaired) electrons. The molecule has 2 rings (SSSR count). The Balaban J connectivity index is 1.98. The van der Waals surface area contributed by atoms with Crippen LogP contribution >= 0.6 is 0 Å². The summed E-state index contributed by atoms with van der Waals surface area (Å²) in [6, 6.07) is 2.90. The van der Waals surface area contributed by atoms with Gasteiger partial charge < -0.3 is 24.3 Å². The van der Waals surface area contributed by atoms with Crippen LogP contribution in [-0.4, -0.2) is 59.5 Å². The van der Waals surface area contributed by atoms with Gasteiger partial charge in [-0.25, -0.2) is 0 Å². The summed E-state index contributed by atoms with van der Waals surface area (Å²) in [5.74, 6) is 0.278. The summed E-state index contributed by atoms with van der Waals surface area (Å²) in [6.45, 7) is 0.289. The average Bonchev–Trinajstić information content (AvgIpc) is 2.91. The number of aliphatic hydroxyl groups is 2. The van der Waals surface area contributed by atoms with Crippen LogP contribution in [0.15, 0.2) is 28.9 Å². The number of nitrogens with zero attached hydrogens (tertiary/aromatic N) is 1. The van der Waals surface area contributed by atoms with Crippen LogP contribution in [-0.2, 0) is 9.53 Å². The number of likely N-dealkylation sites (N-methyl/N-ethyl adjacent to an activating group) is 1. The van der Waals surface area contributed by atoms with Crippen LogP contribution in [0.25, 0.3) is 6.08 Å². The van der Waals surface area contributed by atoms with E-state index < -0.39 is 18.2 Å². The van der Waals surface area contributed by atoms with Crippen LogP contribution < -0.4 is 0 Å². The molecular weight excluding hydrogens is 250 g/mol. The van der Waals surface area contributed by atoms with E-state index >= 15 is 0 Å². The van der Waals surface area contributed by atoms with Crippen molar-refractivity contribution < 1.29 is 24.2 Å². The molecule has 0 unspecified atom stereocenters. The van der Waals surface area contributed by atoms with Crippen molar-refractivity contribution in [3.8, 4) is 0 Å². The smallest absolute Gasteiger partial charge is 0.246 e. The summed E-state index contributed by atoms with van der Waals surface area (Å²) in [5.41, 5.74) is 0. The first kappa shape index (κ1) is 13.8. The summed E-state index contributed by atoms with van der Waals surface area (Å²) >= 11 is 0. The van der Waals surface area contributed by atoms with Crippen molar-refractivity contribution in [1.82, 2.24) is 4.90 Å². The lowest BCUT2D eigenvalue weighted by Gasteiger charge is -2.37. The third-order valence-electron chi connectivity index (χ3n) is 3.14. The van der Waals surface area contributed by atoms with E-state index in [1.807, 2.05) is 0 Å². The highest BCUT2D eigenvalue weighted by atomic mass is 16.5. The predicted octanol–water partition coefficient (Wildman–Crippen LogP) is -0.128. The van der Waals surface area contributed by atoms with Gasteiger partial charge in [-0.05, 0) is 18.2 Å². The summed E-state index contributed by atoms with van der Waals surface area (Å²) in [5, 5.41) is 19.4. The zero-order chi connectivity index (χ0) is 13.8. The Labute approximate surface area is 110 Å². The van der Waals surface area contributed by atoms with Gasteiger partial charge in [-0.15, -0.1) is 0 Å². The van der Waals surface area contributed by atoms with Crippen LogP contribution in [0.4, 0.5) is 0 Å². The van der Waals surface area contributed by atoms with Crippen molar-refractivity contribution in [1.29, 1.82) is 0 Å². The maximum atomic E-state index is 11.9. The van der Waals surface area contributed by atoms with Crippen LogP contribution in [0.2, 0.25) is 0 Å². The first-order valence-corrected chi connectivity index (χ1v) is 6.02. The molecule has 2 N–H and O–H groups in total. The fourth-order valence-corrected chi connectivity index (χ4v) is 1.92. The molecule has 1 amide bonds. The largest absolute Gasteiger partial charge is 0.465 e. The zero-order valence-electron chi connectivity index (χ0n) is 10.6. The minimum absolute atomic E-state index is 0.0852. The van der Waals surface area contributed by atoms with E-state index in [9.17, 15) is 15.0 Å². The Morgan fingerprint density at radius 2 is 2.26 bits per heavy atom. The van der Waals surface area contributed by atoms with E-state index in [4.69, 9.17) is 9.15 Å². The first-order chi connectivity index (χ1) is 9.09. The fourth-order valence-electron chi connectivity index (χ4n) is 1.92. The second kappa shape index (κ2) is 6.01. The van der Waals surface area contributed by atoms with Crippen molar-refractivity contribution in [3.63, 3.8) is 0 Å². The predicted molar refractivity (Wildman–Crippen MR) is 67.1 cm³/mol. The SMILES string of the molecule is CN(C(=O)/C=C/c1ccco1)[C@@H]1COC[C@@H](O)[C@H]1O. The average molecular weight is 267 g/mol. The third-order valence-corrected chi connectivity index (χ3v) is 3.14. The summed E-state index contributed by atoms with van der Waals surface area (Å²) in [4.78, 5) is 13.3. The molecule has 1 aromatic rings. The van der Waals surface area contributed by atoms with E-state index in [1.165, 1.54) is 17.2 Å². The minimum Gasteiger partial charge on any atom is -0.465 e. The molecule has 1 fully saturated rings. The minimum atomic E-state index is -1.00. The van der Waals surface area contributed by atoms with E-state index in [-0.39, 0.29) is 19.1 Å². The first-order valence-electron chi connectivity index (χ1n) is 6.02. The van der Waals surface area contributed by atoms with Crippen LogP contribution in [0.1, 0.15) is 5.76 Å². The topological polar surface area (TPSA) is 83.1 Å². The van der Waals surface area contributed by atoms with Gasteiger partial charge in [-0.3, -0.25) is 4.79 Å². The summed E-state index contributed by atoms with van der Waals surface area (Å²) in [7, 11) is 1.56. The van der Waals surface area contributed by atoms with E-state index in [2.05, 4.69) is 0 Å². The van der Waals surface area contributed by atoms with Gasteiger partial charge in [0, 0.05) is 13.1 Å². The molecule has 0 aromatic carbocycles. The van der Waals surface area contributed by atoms with Gasteiger partial charge in [-0.2, -0.15) is 0 Å². The monoisotopic (exact) mass is 267 g/mol. The molecule has 1 aromatic heterocycles. The number of ether oxygens (including phenoxy) is 1. The Hall–Kier alpha value is -1.63. The van der Waals surface area contributed by atoms with Gasteiger partial charge in [0.05, 0.1) is 25.5 Å². The Bertz CT molecular complexity index is 442. The third kappa shape index (κ3) is 3.23. The van der Waals surface area contributed by atoms with Gasteiger partial charge >= 0.3 is 0 Å². The zero-order valence-corrected chi connectivity index (χ0v) is 10.6. The molecular formula is C13H17NO5. The van der Waals surface area contributed by atoms with Gasteiger partial charge in [-0.1, -0.05) is 0 Å². The quantitative estimate of drug-likeness (QED) is 0.746. The molecule has 0 bridgehead atoms. The molecule has 0 saturated carbocycles. The maximum absolute atomic E-state index is 11.9. The lowest BCUT2D eigenvalue weighted by molar-refractivity contribution is -0.149. The maximum Gasteiger partial charge on any atom is 0.246 e. The highest BCUT2D eigenvalue weighted by Crippen LogP contribution is 2.14. The number of amides is 1. The molecule has 3 atom stereocenters. The van der Waals surface area contributed by atoms with Crippen molar-refractivity contribution >= 4 is 12.0 Å². The van der Waals surface area contributed by atoms with Crippen LogP contribution in [0, 0.1) is 0 Å². The Morgan fingerprint density at radius 3 is 2.95 bits per heavy atom. The van der Waals surface area contributed by atoms with Crippen molar-refractivity contribution in [3.05, 3.63) is 30.2 Å². The van der Waals surface area contributed by atoms with Gasteiger partial charge in [0.1, 0.15) is 18.0 Å². The molecule has 6 heteroatoms. The number of carbonyl (C=O) groups excluding carboxylic acids is 1. The number of carbonyl (C=O) groups is 1. The molecule has 1 saturated heterocycles. The van der Waals surface area contributed by atoms with Crippen molar-refractivity contribution in [2.24, 2.45) is 0 Å². The van der Waals surface area contributed by atoms with Crippen LogP contribution in [0.5, 0.6) is 0 Å². The van der Waals surface area contributed by atoms with Crippen LogP contribution in [0.3, 0.4) is 0 Å². The van der Waals surface area contributed by atoms with E-state index in [0.717, 1.165) is 0 Å². The second-order valence-corrected chi connectivity index (χ2v) is 4.46. The highest BCUT2D eigenvalue weighted by Gasteiger charge is 2.35. The van der Waals surface area contributed by atoms with Gasteiger partial charge in [0.2, 0.25) is 5.91 Å². The van der Waals surface area contributed by atoms with E-state index in [1.54, 1.807) is 25.3 Å². The van der Waals surface area contributed by atoms with Gasteiger partial charge in [0.15, 0.2) is 0 Å². The standard InChI is InChI=1S/C13H17NO5/c1-14(10-7-18-8-11(15)13(10)17)12(16)5-4-9-3-2-6-19-9/h2-6,10-11,13,15,17H,7-8H2,1H3/b5-4+/t10-,11-,13+/m1/s1. The number of hydrogen-bond acceptors (Lipinski definition) is 5. The Morgan fingerprint density at radius 1 is 1.47 bits per heavy atom. The number of aliphatic hydroxyl groups excluding tert-OH is 2. The van der Waals surface area contributed by atoms with Gasteiger partial charge in [0.25, 0.3) is 0 Å².